The number of hydrogen-bond acceptors (Lipinski definition) is 6. The molecule has 176 valence electrons. The van der Waals surface area contributed by atoms with Crippen LogP contribution in [0.25, 0.3) is 0 Å². The van der Waals surface area contributed by atoms with E-state index in [1.165, 1.54) is 18.1 Å². The summed E-state index contributed by atoms with van der Waals surface area (Å²) in [7, 11) is 0. The van der Waals surface area contributed by atoms with E-state index in [9.17, 15) is 9.90 Å². The molecule has 1 unspecified atom stereocenters. The van der Waals surface area contributed by atoms with Gasteiger partial charge in [-0.2, -0.15) is 0 Å². The predicted octanol–water partition coefficient (Wildman–Crippen LogP) is 4.13. The average Bonchev–Trinajstić information content (AvgIpc) is 2.88. The SMILES string of the molecule is O=C(OCc1ccccc1)N1CCC(CCO)(NC(C2=CC=CCC2)C2=COC=CO2)CC1. The van der Waals surface area contributed by atoms with E-state index < -0.39 is 0 Å². The monoisotopic (exact) mass is 452 g/mol. The lowest BCUT2D eigenvalue weighted by Gasteiger charge is -2.44. The smallest absolute Gasteiger partial charge is 0.410 e. The Morgan fingerprint density at radius 3 is 2.70 bits per heavy atom. The van der Waals surface area contributed by atoms with Crippen LogP contribution in [0, 0.1) is 0 Å². The Kier molecular flexibility index (Phi) is 7.86. The van der Waals surface area contributed by atoms with E-state index >= 15 is 0 Å². The molecule has 1 atom stereocenters. The van der Waals surface area contributed by atoms with Crippen LogP contribution in [0.2, 0.25) is 0 Å². The number of amides is 1. The van der Waals surface area contributed by atoms with E-state index in [2.05, 4.69) is 23.5 Å². The highest BCUT2D eigenvalue weighted by Gasteiger charge is 2.39. The number of piperidine rings is 1. The second-order valence-corrected chi connectivity index (χ2v) is 8.61. The summed E-state index contributed by atoms with van der Waals surface area (Å²) in [6.07, 6.45) is 14.6. The molecule has 1 saturated heterocycles. The van der Waals surface area contributed by atoms with Crippen LogP contribution >= 0.6 is 0 Å². The minimum atomic E-state index is -0.330. The summed E-state index contributed by atoms with van der Waals surface area (Å²) in [6, 6.07) is 9.51. The highest BCUT2D eigenvalue weighted by Crippen LogP contribution is 2.32. The molecule has 1 aromatic rings. The lowest BCUT2D eigenvalue weighted by molar-refractivity contribution is 0.0625. The van der Waals surface area contributed by atoms with Gasteiger partial charge in [0.2, 0.25) is 0 Å². The maximum absolute atomic E-state index is 12.6. The van der Waals surface area contributed by atoms with Crippen LogP contribution in [0.15, 0.2) is 78.7 Å². The fourth-order valence-corrected chi connectivity index (χ4v) is 4.53. The van der Waals surface area contributed by atoms with Gasteiger partial charge in [0.1, 0.15) is 25.4 Å². The molecule has 3 aliphatic rings. The van der Waals surface area contributed by atoms with Crippen LogP contribution in [-0.2, 0) is 20.8 Å². The maximum Gasteiger partial charge on any atom is 0.410 e. The summed E-state index contributed by atoms with van der Waals surface area (Å²) in [4.78, 5) is 14.4. The van der Waals surface area contributed by atoms with E-state index in [4.69, 9.17) is 14.2 Å². The summed E-state index contributed by atoms with van der Waals surface area (Å²) in [5.74, 6) is 0.695. The molecule has 1 fully saturated rings. The van der Waals surface area contributed by atoms with Crippen molar-refractivity contribution in [3.63, 3.8) is 0 Å². The number of aliphatic hydroxyl groups is 1. The van der Waals surface area contributed by atoms with Gasteiger partial charge < -0.3 is 24.2 Å². The predicted molar refractivity (Wildman–Crippen MR) is 125 cm³/mol. The van der Waals surface area contributed by atoms with Gasteiger partial charge in [-0.1, -0.05) is 48.6 Å². The van der Waals surface area contributed by atoms with E-state index in [0.717, 1.165) is 18.4 Å². The Hall–Kier alpha value is -3.03. The lowest BCUT2D eigenvalue weighted by atomic mass is 9.82. The molecule has 33 heavy (non-hydrogen) atoms. The first-order valence-electron chi connectivity index (χ1n) is 11.6. The molecule has 2 aliphatic heterocycles. The van der Waals surface area contributed by atoms with Crippen molar-refractivity contribution in [3.05, 3.63) is 84.2 Å². The number of ether oxygens (including phenoxy) is 3. The van der Waals surface area contributed by atoms with Gasteiger partial charge in [-0.05, 0) is 43.2 Å². The third kappa shape index (κ3) is 6.06. The minimum absolute atomic E-state index is 0.0629. The molecule has 0 saturated carbocycles. The van der Waals surface area contributed by atoms with E-state index in [1.807, 2.05) is 30.3 Å². The maximum atomic E-state index is 12.6. The molecular weight excluding hydrogens is 420 g/mol. The van der Waals surface area contributed by atoms with Crippen LogP contribution < -0.4 is 5.32 Å². The summed E-state index contributed by atoms with van der Waals surface area (Å²) in [6.45, 7) is 1.44. The largest absolute Gasteiger partial charge is 0.466 e. The van der Waals surface area contributed by atoms with Crippen LogP contribution in [-0.4, -0.2) is 47.4 Å². The third-order valence-electron chi connectivity index (χ3n) is 6.45. The van der Waals surface area contributed by atoms with Gasteiger partial charge in [-0.15, -0.1) is 0 Å². The fourth-order valence-electron chi connectivity index (χ4n) is 4.53. The second kappa shape index (κ2) is 11.2. The first-order chi connectivity index (χ1) is 16.2. The highest BCUT2D eigenvalue weighted by molar-refractivity contribution is 5.67. The summed E-state index contributed by atoms with van der Waals surface area (Å²) >= 11 is 0. The van der Waals surface area contributed by atoms with Gasteiger partial charge in [-0.25, -0.2) is 4.79 Å². The van der Waals surface area contributed by atoms with Crippen molar-refractivity contribution in [3.8, 4) is 0 Å². The zero-order chi connectivity index (χ0) is 22.9. The number of rotatable bonds is 8. The number of carbonyl (C=O) groups is 1. The van der Waals surface area contributed by atoms with Gasteiger partial charge in [0.05, 0.1) is 6.04 Å². The summed E-state index contributed by atoms with van der Waals surface area (Å²) in [5.41, 5.74) is 1.85. The van der Waals surface area contributed by atoms with Crippen LogP contribution in [0.1, 0.15) is 37.7 Å². The van der Waals surface area contributed by atoms with Crippen molar-refractivity contribution >= 4 is 6.09 Å². The Morgan fingerprint density at radius 2 is 2.03 bits per heavy atom. The van der Waals surface area contributed by atoms with Gasteiger partial charge >= 0.3 is 6.09 Å². The molecule has 7 nitrogen and oxygen atoms in total. The van der Waals surface area contributed by atoms with Crippen molar-refractivity contribution in [2.45, 2.75) is 50.3 Å². The van der Waals surface area contributed by atoms with E-state index in [-0.39, 0.29) is 30.9 Å². The first-order valence-corrected chi connectivity index (χ1v) is 11.6. The molecular formula is C26H32N2O5. The molecule has 7 heteroatoms. The molecule has 2 N–H and O–H groups in total. The van der Waals surface area contributed by atoms with Crippen molar-refractivity contribution < 1.29 is 24.1 Å². The molecule has 4 rings (SSSR count). The van der Waals surface area contributed by atoms with Crippen molar-refractivity contribution in [1.29, 1.82) is 0 Å². The number of aliphatic hydroxyl groups excluding tert-OH is 1. The Morgan fingerprint density at radius 1 is 1.21 bits per heavy atom. The van der Waals surface area contributed by atoms with E-state index in [0.29, 0.717) is 38.1 Å². The number of hydrogen-bond donors (Lipinski definition) is 2. The van der Waals surface area contributed by atoms with Crippen molar-refractivity contribution in [2.75, 3.05) is 19.7 Å². The van der Waals surface area contributed by atoms with Crippen molar-refractivity contribution in [2.24, 2.45) is 0 Å². The van der Waals surface area contributed by atoms with Gasteiger partial charge in [0.25, 0.3) is 0 Å². The Balaban J connectivity index is 1.41. The number of allylic oxidation sites excluding steroid dienone is 3. The summed E-state index contributed by atoms with van der Waals surface area (Å²) < 4.78 is 16.7. The lowest BCUT2D eigenvalue weighted by Crippen LogP contribution is -2.58. The average molecular weight is 453 g/mol. The van der Waals surface area contributed by atoms with Gasteiger partial charge in [-0.3, -0.25) is 5.32 Å². The molecule has 0 bridgehead atoms. The van der Waals surface area contributed by atoms with Gasteiger partial charge in [0, 0.05) is 25.2 Å². The number of benzene rings is 1. The standard InChI is InChI=1S/C26H32N2O5/c29-16-13-26(27-24(22-9-5-2-6-10-22)23-20-31-17-18-32-23)11-14-28(15-12-26)25(30)33-19-21-7-3-1-4-8-21/h1-5,7-9,17-18,20,24,27,29H,6,10-16,19H2. The first kappa shape index (κ1) is 23.1. The molecule has 2 heterocycles. The molecule has 1 amide bonds. The molecule has 0 radical (unpaired) electrons. The molecule has 1 aromatic carbocycles. The van der Waals surface area contributed by atoms with Crippen LogP contribution in [0.5, 0.6) is 0 Å². The normalized spacial score (nSPS) is 20.2. The summed E-state index contributed by atoms with van der Waals surface area (Å²) in [5, 5.41) is 13.6. The van der Waals surface area contributed by atoms with Crippen LogP contribution in [0.3, 0.4) is 0 Å². The topological polar surface area (TPSA) is 80.3 Å². The number of likely N-dealkylation sites (tertiary alicyclic amines) is 1. The van der Waals surface area contributed by atoms with E-state index in [1.54, 1.807) is 11.2 Å². The zero-order valence-corrected chi connectivity index (χ0v) is 18.8. The van der Waals surface area contributed by atoms with Crippen LogP contribution in [0.4, 0.5) is 4.79 Å². The van der Waals surface area contributed by atoms with Gasteiger partial charge in [0.15, 0.2) is 5.76 Å². The zero-order valence-electron chi connectivity index (χ0n) is 18.8. The fraction of sp³-hybridized carbons (Fsp3) is 0.423. The number of nitrogens with zero attached hydrogens (tertiary/aromatic N) is 1. The Bertz CT molecular complexity index is 914. The number of nitrogens with one attached hydrogen (secondary N) is 1. The quantitative estimate of drug-likeness (QED) is 0.617. The number of carbonyl (C=O) groups excluding carboxylic acids is 1. The Labute approximate surface area is 195 Å². The molecule has 0 aromatic heterocycles. The third-order valence-corrected chi connectivity index (χ3v) is 6.45. The second-order valence-electron chi connectivity index (χ2n) is 8.61. The minimum Gasteiger partial charge on any atom is -0.466 e. The molecule has 0 spiro atoms. The van der Waals surface area contributed by atoms with Crippen molar-refractivity contribution in [1.82, 2.24) is 10.2 Å². The highest BCUT2D eigenvalue weighted by atomic mass is 16.6. The molecule has 1 aliphatic carbocycles.